The number of hydrogen-bond acceptors (Lipinski definition) is 3. The van der Waals surface area contributed by atoms with Crippen LogP contribution < -0.4 is 5.32 Å². The molecule has 0 bridgehead atoms. The van der Waals surface area contributed by atoms with Crippen LogP contribution in [0.25, 0.3) is 0 Å². The molecular formula is C19H18Cl2N2O2. The highest BCUT2D eigenvalue weighted by molar-refractivity contribution is 6.36. The third kappa shape index (κ3) is 3.89. The molecule has 130 valence electrons. The topological polar surface area (TPSA) is 73.1 Å². The average molecular weight is 377 g/mol. The van der Waals surface area contributed by atoms with Crippen LogP contribution in [0.5, 0.6) is 5.75 Å². The molecule has 0 saturated heterocycles. The van der Waals surface area contributed by atoms with E-state index in [1.807, 2.05) is 20.8 Å². The first-order valence-electron chi connectivity index (χ1n) is 7.59. The lowest BCUT2D eigenvalue weighted by molar-refractivity contribution is 0.102. The van der Waals surface area contributed by atoms with Gasteiger partial charge in [-0.25, -0.2) is 0 Å². The summed E-state index contributed by atoms with van der Waals surface area (Å²) in [4.78, 5) is 12.8. The van der Waals surface area contributed by atoms with Crippen LogP contribution in [0.2, 0.25) is 10.0 Å². The van der Waals surface area contributed by atoms with E-state index in [4.69, 9.17) is 23.2 Å². The molecule has 0 aromatic heterocycles. The van der Waals surface area contributed by atoms with Crippen molar-refractivity contribution in [3.05, 3.63) is 56.6 Å². The lowest BCUT2D eigenvalue weighted by Gasteiger charge is -2.23. The van der Waals surface area contributed by atoms with Gasteiger partial charge in [0.05, 0.1) is 27.9 Å². The number of carbonyl (C=O) groups is 1. The van der Waals surface area contributed by atoms with Crippen LogP contribution in [0.15, 0.2) is 24.3 Å². The molecule has 4 nitrogen and oxygen atoms in total. The molecule has 0 heterocycles. The number of aromatic hydroxyl groups is 1. The zero-order chi connectivity index (χ0) is 18.9. The normalized spacial score (nSPS) is 11.1. The SMILES string of the molecule is Cc1c(C#N)cc(C(C)(C)C)c(O)c1C(=O)Nc1ccc(Cl)cc1Cl. The fourth-order valence-corrected chi connectivity index (χ4v) is 2.96. The maximum Gasteiger partial charge on any atom is 0.259 e. The molecule has 2 N–H and O–H groups in total. The van der Waals surface area contributed by atoms with Gasteiger partial charge in [-0.3, -0.25) is 4.79 Å². The fourth-order valence-electron chi connectivity index (χ4n) is 2.51. The molecule has 2 aromatic rings. The Morgan fingerprint density at radius 3 is 2.40 bits per heavy atom. The van der Waals surface area contributed by atoms with Gasteiger partial charge in [0, 0.05) is 10.6 Å². The molecular weight excluding hydrogens is 359 g/mol. The number of halogens is 2. The van der Waals surface area contributed by atoms with E-state index in [2.05, 4.69) is 11.4 Å². The fraction of sp³-hybridized carbons (Fsp3) is 0.263. The van der Waals surface area contributed by atoms with Crippen molar-refractivity contribution in [2.75, 3.05) is 5.32 Å². The van der Waals surface area contributed by atoms with E-state index in [0.717, 1.165) is 0 Å². The van der Waals surface area contributed by atoms with Crippen molar-refractivity contribution in [2.24, 2.45) is 0 Å². The monoisotopic (exact) mass is 376 g/mol. The molecule has 2 aromatic carbocycles. The van der Waals surface area contributed by atoms with Crippen LogP contribution in [0, 0.1) is 18.3 Å². The molecule has 6 heteroatoms. The summed E-state index contributed by atoms with van der Waals surface area (Å²) in [6, 6.07) is 8.39. The van der Waals surface area contributed by atoms with Gasteiger partial charge in [0.15, 0.2) is 0 Å². The molecule has 0 aliphatic heterocycles. The highest BCUT2D eigenvalue weighted by Gasteiger charge is 2.27. The summed E-state index contributed by atoms with van der Waals surface area (Å²) in [6.07, 6.45) is 0. The van der Waals surface area contributed by atoms with Crippen molar-refractivity contribution >= 4 is 34.8 Å². The van der Waals surface area contributed by atoms with Crippen LogP contribution in [0.4, 0.5) is 5.69 Å². The first-order chi connectivity index (χ1) is 11.6. The van der Waals surface area contributed by atoms with Crippen molar-refractivity contribution in [3.8, 4) is 11.8 Å². The zero-order valence-corrected chi connectivity index (χ0v) is 15.9. The predicted molar refractivity (Wildman–Crippen MR) is 101 cm³/mol. The summed E-state index contributed by atoms with van der Waals surface area (Å²) < 4.78 is 0. The number of hydrogen-bond donors (Lipinski definition) is 2. The van der Waals surface area contributed by atoms with Gasteiger partial charge in [0.2, 0.25) is 0 Å². The first kappa shape index (κ1) is 19.1. The van der Waals surface area contributed by atoms with E-state index in [1.54, 1.807) is 25.1 Å². The van der Waals surface area contributed by atoms with Crippen molar-refractivity contribution in [1.29, 1.82) is 5.26 Å². The molecule has 2 rings (SSSR count). The number of carbonyl (C=O) groups excluding carboxylic acids is 1. The summed E-state index contributed by atoms with van der Waals surface area (Å²) >= 11 is 11.9. The van der Waals surface area contributed by atoms with Crippen LogP contribution in [0.3, 0.4) is 0 Å². The van der Waals surface area contributed by atoms with Gasteiger partial charge in [-0.1, -0.05) is 44.0 Å². The van der Waals surface area contributed by atoms with E-state index in [0.29, 0.717) is 27.4 Å². The van der Waals surface area contributed by atoms with Crippen LogP contribution in [-0.4, -0.2) is 11.0 Å². The Morgan fingerprint density at radius 1 is 1.24 bits per heavy atom. The van der Waals surface area contributed by atoms with Gasteiger partial charge in [-0.05, 0) is 42.2 Å². The van der Waals surface area contributed by atoms with Crippen molar-refractivity contribution in [1.82, 2.24) is 0 Å². The number of benzene rings is 2. The number of amides is 1. The standard InChI is InChI=1S/C19H18Cl2N2O2/c1-10-11(9-22)7-13(19(2,3)4)17(24)16(10)18(25)23-15-6-5-12(20)8-14(15)21/h5-8,24H,1-4H3,(H,23,25). The largest absolute Gasteiger partial charge is 0.507 e. The van der Waals surface area contributed by atoms with Crippen molar-refractivity contribution in [2.45, 2.75) is 33.1 Å². The van der Waals surface area contributed by atoms with Gasteiger partial charge in [0.1, 0.15) is 5.75 Å². The lowest BCUT2D eigenvalue weighted by atomic mass is 9.82. The molecule has 0 unspecified atom stereocenters. The van der Waals surface area contributed by atoms with Crippen LogP contribution in [0.1, 0.15) is 47.8 Å². The second kappa shape index (κ2) is 6.95. The Kier molecular flexibility index (Phi) is 5.31. The molecule has 25 heavy (non-hydrogen) atoms. The smallest absolute Gasteiger partial charge is 0.259 e. The first-order valence-corrected chi connectivity index (χ1v) is 8.35. The molecule has 0 atom stereocenters. The van der Waals surface area contributed by atoms with Gasteiger partial charge in [-0.2, -0.15) is 5.26 Å². The summed E-state index contributed by atoms with van der Waals surface area (Å²) in [5.74, 6) is -0.673. The second-order valence-electron chi connectivity index (χ2n) is 6.76. The number of nitriles is 1. The quantitative estimate of drug-likeness (QED) is 0.733. The number of phenols is 1. The Bertz CT molecular complexity index is 894. The molecule has 0 aliphatic rings. The molecule has 1 amide bonds. The van der Waals surface area contributed by atoms with Gasteiger partial charge in [0.25, 0.3) is 5.91 Å². The maximum absolute atomic E-state index is 12.8. The third-order valence-electron chi connectivity index (χ3n) is 3.89. The highest BCUT2D eigenvalue weighted by Crippen LogP contribution is 2.37. The number of phenolic OH excluding ortho intramolecular Hbond substituents is 1. The number of nitrogens with one attached hydrogen (secondary N) is 1. The lowest BCUT2D eigenvalue weighted by Crippen LogP contribution is -2.19. The Balaban J connectivity index is 2.57. The van der Waals surface area contributed by atoms with E-state index < -0.39 is 11.3 Å². The molecule has 0 spiro atoms. The number of anilines is 1. The summed E-state index contributed by atoms with van der Waals surface area (Å²) in [5.41, 5.74) is 1.29. The molecule has 0 radical (unpaired) electrons. The predicted octanol–water partition coefficient (Wildman–Crippen LogP) is 5.43. The minimum absolute atomic E-state index is 0.0648. The third-order valence-corrected chi connectivity index (χ3v) is 4.44. The Labute approximate surface area is 157 Å². The molecule has 0 fully saturated rings. The van der Waals surface area contributed by atoms with Gasteiger partial charge >= 0.3 is 0 Å². The maximum atomic E-state index is 12.8. The molecule has 0 aliphatic carbocycles. The minimum Gasteiger partial charge on any atom is -0.507 e. The average Bonchev–Trinajstić information content (AvgIpc) is 2.49. The van der Waals surface area contributed by atoms with E-state index in [1.165, 1.54) is 6.07 Å². The van der Waals surface area contributed by atoms with Gasteiger partial charge < -0.3 is 10.4 Å². The highest BCUT2D eigenvalue weighted by atomic mass is 35.5. The zero-order valence-electron chi connectivity index (χ0n) is 14.4. The Hall–Kier alpha value is -2.22. The summed E-state index contributed by atoms with van der Waals surface area (Å²) in [5, 5.41) is 23.4. The van der Waals surface area contributed by atoms with E-state index in [-0.39, 0.29) is 16.3 Å². The summed E-state index contributed by atoms with van der Waals surface area (Å²) in [6.45, 7) is 7.33. The molecule has 0 saturated carbocycles. The summed E-state index contributed by atoms with van der Waals surface area (Å²) in [7, 11) is 0. The second-order valence-corrected chi connectivity index (χ2v) is 7.60. The minimum atomic E-state index is -0.540. The number of nitrogens with zero attached hydrogens (tertiary/aromatic N) is 1. The Morgan fingerprint density at radius 2 is 1.88 bits per heavy atom. The van der Waals surface area contributed by atoms with Crippen LogP contribution in [-0.2, 0) is 5.41 Å². The van der Waals surface area contributed by atoms with Crippen molar-refractivity contribution in [3.63, 3.8) is 0 Å². The van der Waals surface area contributed by atoms with Crippen LogP contribution >= 0.6 is 23.2 Å². The van der Waals surface area contributed by atoms with Gasteiger partial charge in [-0.15, -0.1) is 0 Å². The van der Waals surface area contributed by atoms with E-state index >= 15 is 0 Å². The van der Waals surface area contributed by atoms with E-state index in [9.17, 15) is 15.2 Å². The number of rotatable bonds is 2. The van der Waals surface area contributed by atoms with Crippen molar-refractivity contribution < 1.29 is 9.90 Å².